The van der Waals surface area contributed by atoms with Gasteiger partial charge in [-0.05, 0) is 56.5 Å². The van der Waals surface area contributed by atoms with Gasteiger partial charge in [0.1, 0.15) is 18.3 Å². The topological polar surface area (TPSA) is 96.0 Å². The first-order valence-electron chi connectivity index (χ1n) is 12.1. The summed E-state index contributed by atoms with van der Waals surface area (Å²) in [6.45, 7) is 7.44. The molecule has 1 N–H and O–H groups in total. The number of hydrogen-bond donors (Lipinski definition) is 1. The molecule has 0 saturated heterocycles. The van der Waals surface area contributed by atoms with Crippen LogP contribution in [0, 0.1) is 0 Å². The fourth-order valence-corrected chi connectivity index (χ4v) is 4.66. The van der Waals surface area contributed by atoms with Crippen LogP contribution in [0.3, 0.4) is 0 Å². The van der Waals surface area contributed by atoms with E-state index < -0.39 is 28.5 Å². The van der Waals surface area contributed by atoms with Crippen molar-refractivity contribution in [2.45, 2.75) is 59.2 Å². The average Bonchev–Trinajstić information content (AvgIpc) is 2.83. The second kappa shape index (κ2) is 13.5. The summed E-state index contributed by atoms with van der Waals surface area (Å²) >= 11 is 6.02. The summed E-state index contributed by atoms with van der Waals surface area (Å²) in [6, 6.07) is 12.8. The van der Waals surface area contributed by atoms with E-state index in [0.717, 1.165) is 22.5 Å². The summed E-state index contributed by atoms with van der Waals surface area (Å²) in [5.74, 6) is -0.438. The van der Waals surface area contributed by atoms with Crippen LogP contribution in [-0.2, 0) is 26.2 Å². The first-order valence-corrected chi connectivity index (χ1v) is 14.3. The summed E-state index contributed by atoms with van der Waals surface area (Å²) in [7, 11) is -3.85. The number of anilines is 1. The highest BCUT2D eigenvalue weighted by atomic mass is 35.5. The summed E-state index contributed by atoms with van der Waals surface area (Å²) < 4.78 is 32.3. The van der Waals surface area contributed by atoms with Gasteiger partial charge in [0.05, 0.1) is 18.6 Å². The van der Waals surface area contributed by atoms with E-state index in [1.807, 2.05) is 20.8 Å². The van der Waals surface area contributed by atoms with Crippen LogP contribution in [0.2, 0.25) is 5.02 Å². The number of rotatable bonds is 13. The maximum Gasteiger partial charge on any atom is 0.244 e. The normalized spacial score (nSPS) is 12.9. The lowest BCUT2D eigenvalue weighted by Crippen LogP contribution is -2.53. The molecule has 0 bridgehead atoms. The van der Waals surface area contributed by atoms with E-state index in [2.05, 4.69) is 5.32 Å². The Morgan fingerprint density at radius 2 is 1.67 bits per heavy atom. The summed E-state index contributed by atoms with van der Waals surface area (Å²) in [6.07, 6.45) is 2.14. The molecule has 0 aliphatic heterocycles. The SMILES string of the molecule is CCOc1ccccc1N(CC(=O)N(Cc1ccc(Cl)cc1)[C@H](CC)C(=O)N[C@@H](C)CC)S(C)(=O)=O. The molecule has 0 unspecified atom stereocenters. The number of carbonyl (C=O) groups excluding carboxylic acids is 2. The van der Waals surface area contributed by atoms with Gasteiger partial charge in [0.25, 0.3) is 0 Å². The fraction of sp³-hybridized carbons (Fsp3) is 0.462. The smallest absolute Gasteiger partial charge is 0.244 e. The van der Waals surface area contributed by atoms with Gasteiger partial charge in [-0.25, -0.2) is 8.42 Å². The molecule has 8 nitrogen and oxygen atoms in total. The zero-order valence-electron chi connectivity index (χ0n) is 21.5. The molecular weight excluding hydrogens is 502 g/mol. The number of hydrogen-bond acceptors (Lipinski definition) is 5. The third-order valence-corrected chi connectivity index (χ3v) is 7.14. The van der Waals surface area contributed by atoms with E-state index >= 15 is 0 Å². The number of sulfonamides is 1. The number of halogens is 1. The molecule has 2 rings (SSSR count). The molecule has 0 spiro atoms. The van der Waals surface area contributed by atoms with E-state index in [0.29, 0.717) is 23.8 Å². The van der Waals surface area contributed by atoms with Crippen molar-refractivity contribution < 1.29 is 22.7 Å². The number of amides is 2. The highest BCUT2D eigenvalue weighted by molar-refractivity contribution is 7.92. The van der Waals surface area contributed by atoms with Crippen molar-refractivity contribution in [3.8, 4) is 5.75 Å². The van der Waals surface area contributed by atoms with Crippen LogP contribution in [0.4, 0.5) is 5.69 Å². The second-order valence-electron chi connectivity index (χ2n) is 8.56. The van der Waals surface area contributed by atoms with Gasteiger partial charge >= 0.3 is 0 Å². The molecule has 0 saturated carbocycles. The lowest BCUT2D eigenvalue weighted by Gasteiger charge is -2.33. The van der Waals surface area contributed by atoms with Crippen molar-refractivity contribution >= 4 is 39.1 Å². The Bertz CT molecular complexity index is 1120. The fourth-order valence-electron chi connectivity index (χ4n) is 3.68. The minimum atomic E-state index is -3.85. The van der Waals surface area contributed by atoms with Gasteiger partial charge in [-0.15, -0.1) is 0 Å². The highest BCUT2D eigenvalue weighted by Crippen LogP contribution is 2.30. The Hall–Kier alpha value is -2.78. The Morgan fingerprint density at radius 3 is 2.22 bits per heavy atom. The largest absolute Gasteiger partial charge is 0.492 e. The van der Waals surface area contributed by atoms with Crippen LogP contribution in [-0.4, -0.2) is 56.6 Å². The monoisotopic (exact) mass is 537 g/mol. The van der Waals surface area contributed by atoms with E-state index in [1.165, 1.54) is 4.90 Å². The lowest BCUT2D eigenvalue weighted by molar-refractivity contribution is -0.140. The summed E-state index contributed by atoms with van der Waals surface area (Å²) in [5, 5.41) is 3.50. The third-order valence-electron chi connectivity index (χ3n) is 5.77. The van der Waals surface area contributed by atoms with Gasteiger partial charge in [0.15, 0.2) is 0 Å². The molecule has 198 valence electrons. The highest BCUT2D eigenvalue weighted by Gasteiger charge is 2.32. The zero-order chi connectivity index (χ0) is 26.9. The number of nitrogens with one attached hydrogen (secondary N) is 1. The van der Waals surface area contributed by atoms with Crippen LogP contribution in [0.1, 0.15) is 46.1 Å². The van der Waals surface area contributed by atoms with Crippen LogP contribution in [0.15, 0.2) is 48.5 Å². The average molecular weight is 538 g/mol. The third kappa shape index (κ3) is 8.13. The molecule has 0 aromatic heterocycles. The van der Waals surface area contributed by atoms with E-state index in [1.54, 1.807) is 55.5 Å². The van der Waals surface area contributed by atoms with Gasteiger partial charge in [-0.2, -0.15) is 0 Å². The quantitative estimate of drug-likeness (QED) is 0.412. The maximum absolute atomic E-state index is 13.7. The molecule has 2 aromatic carbocycles. The zero-order valence-corrected chi connectivity index (χ0v) is 23.1. The minimum Gasteiger partial charge on any atom is -0.492 e. The summed E-state index contributed by atoms with van der Waals surface area (Å²) in [5.41, 5.74) is 1.03. The molecule has 2 aromatic rings. The van der Waals surface area contributed by atoms with Crippen LogP contribution in [0.5, 0.6) is 5.75 Å². The number of carbonyl (C=O) groups is 2. The van der Waals surface area contributed by atoms with Crippen molar-refractivity contribution in [1.29, 1.82) is 0 Å². The Kier molecular flexibility index (Phi) is 11.0. The van der Waals surface area contributed by atoms with Gasteiger partial charge in [-0.3, -0.25) is 13.9 Å². The molecule has 2 amide bonds. The number of para-hydroxylation sites is 2. The molecule has 10 heteroatoms. The Labute approximate surface area is 219 Å². The summed E-state index contributed by atoms with van der Waals surface area (Å²) in [4.78, 5) is 28.3. The molecule has 2 atom stereocenters. The van der Waals surface area contributed by atoms with E-state index in [-0.39, 0.29) is 24.2 Å². The molecule has 0 radical (unpaired) electrons. The molecule has 0 aliphatic rings. The van der Waals surface area contributed by atoms with Crippen molar-refractivity contribution in [3.05, 3.63) is 59.1 Å². The van der Waals surface area contributed by atoms with Crippen LogP contribution >= 0.6 is 11.6 Å². The number of nitrogens with zero attached hydrogens (tertiary/aromatic N) is 2. The van der Waals surface area contributed by atoms with Crippen molar-refractivity contribution in [2.24, 2.45) is 0 Å². The lowest BCUT2D eigenvalue weighted by atomic mass is 10.1. The van der Waals surface area contributed by atoms with E-state index in [4.69, 9.17) is 16.3 Å². The molecular formula is C26H36ClN3O5S. The first kappa shape index (κ1) is 29.5. The molecule has 0 fully saturated rings. The first-order chi connectivity index (χ1) is 17.0. The minimum absolute atomic E-state index is 0.0652. The second-order valence-corrected chi connectivity index (χ2v) is 10.9. The van der Waals surface area contributed by atoms with Crippen molar-refractivity contribution in [1.82, 2.24) is 10.2 Å². The van der Waals surface area contributed by atoms with Crippen LogP contribution < -0.4 is 14.4 Å². The van der Waals surface area contributed by atoms with E-state index in [9.17, 15) is 18.0 Å². The van der Waals surface area contributed by atoms with Crippen LogP contribution in [0.25, 0.3) is 0 Å². The van der Waals surface area contributed by atoms with Gasteiger partial charge in [0.2, 0.25) is 21.8 Å². The Morgan fingerprint density at radius 1 is 1.03 bits per heavy atom. The molecule has 0 aliphatic carbocycles. The standard InChI is InChI=1S/C26H36ClN3O5S/c1-6-19(4)28-26(32)22(7-2)29(17-20-13-15-21(27)16-14-20)25(31)18-30(36(5,33)34)23-11-9-10-12-24(23)35-8-3/h9-16,19,22H,6-8,17-18H2,1-5H3,(H,28,32)/t19-,22+/m0/s1. The molecule has 36 heavy (non-hydrogen) atoms. The van der Waals surface area contributed by atoms with Crippen molar-refractivity contribution in [2.75, 3.05) is 23.7 Å². The predicted octanol–water partition coefficient (Wildman–Crippen LogP) is 4.23. The predicted molar refractivity (Wildman–Crippen MR) is 144 cm³/mol. The number of ether oxygens (including phenoxy) is 1. The Balaban J connectivity index is 2.47. The van der Waals surface area contributed by atoms with Crippen molar-refractivity contribution in [3.63, 3.8) is 0 Å². The number of benzene rings is 2. The van der Waals surface area contributed by atoms with Gasteiger partial charge < -0.3 is 15.0 Å². The van der Waals surface area contributed by atoms with Gasteiger partial charge in [-0.1, -0.05) is 49.7 Å². The maximum atomic E-state index is 13.7. The van der Waals surface area contributed by atoms with Gasteiger partial charge in [0, 0.05) is 17.6 Å². The molecule has 0 heterocycles.